The number of aliphatic imine (C=N–C) groups is 1. The first-order valence-corrected chi connectivity index (χ1v) is 8.47. The van der Waals surface area contributed by atoms with Crippen molar-refractivity contribution >= 4 is 17.6 Å². The number of carbonyl (C=O) groups excluding carboxylic acids is 1. The van der Waals surface area contributed by atoms with Gasteiger partial charge in [0.2, 0.25) is 0 Å². The molecule has 6 heteroatoms. The van der Waals surface area contributed by atoms with E-state index < -0.39 is 0 Å². The topological polar surface area (TPSA) is 78.7 Å². The minimum absolute atomic E-state index is 0.263. The van der Waals surface area contributed by atoms with Gasteiger partial charge >= 0.3 is 0 Å². The molecule has 1 heterocycles. The number of nitrogens with zero attached hydrogens (tertiary/aromatic N) is 1. The van der Waals surface area contributed by atoms with E-state index in [4.69, 9.17) is 4.42 Å². The van der Waals surface area contributed by atoms with Crippen LogP contribution in [0.3, 0.4) is 0 Å². The number of hydrogen-bond acceptors (Lipinski definition) is 3. The molecule has 0 bridgehead atoms. The van der Waals surface area contributed by atoms with Crippen LogP contribution in [-0.4, -0.2) is 25.5 Å². The maximum absolute atomic E-state index is 12.0. The molecule has 0 radical (unpaired) electrons. The molecule has 0 aliphatic rings. The molecule has 0 fully saturated rings. The van der Waals surface area contributed by atoms with E-state index >= 15 is 0 Å². The van der Waals surface area contributed by atoms with E-state index in [9.17, 15) is 4.79 Å². The summed E-state index contributed by atoms with van der Waals surface area (Å²) in [4.78, 5) is 16.2. The van der Waals surface area contributed by atoms with Crippen LogP contribution in [0.1, 0.15) is 36.4 Å². The van der Waals surface area contributed by atoms with Gasteiger partial charge < -0.3 is 20.4 Å². The molecule has 2 rings (SSSR count). The summed E-state index contributed by atoms with van der Waals surface area (Å²) in [6.45, 7) is 5.89. The first-order valence-electron chi connectivity index (χ1n) is 8.47. The van der Waals surface area contributed by atoms with Crippen molar-refractivity contribution in [1.29, 1.82) is 0 Å². The highest BCUT2D eigenvalue weighted by Crippen LogP contribution is 2.12. The SMILES string of the molecule is CN=C(NCCC(C)C)NCc1cccc(NC(=O)c2ccco2)c1. The highest BCUT2D eigenvalue weighted by atomic mass is 16.3. The summed E-state index contributed by atoms with van der Waals surface area (Å²) in [5.41, 5.74) is 1.77. The molecule has 0 saturated heterocycles. The van der Waals surface area contributed by atoms with Crippen molar-refractivity contribution in [2.75, 3.05) is 18.9 Å². The van der Waals surface area contributed by atoms with Crippen LogP contribution in [0.15, 0.2) is 52.1 Å². The van der Waals surface area contributed by atoms with Gasteiger partial charge in [-0.2, -0.15) is 0 Å². The number of hydrogen-bond donors (Lipinski definition) is 3. The van der Waals surface area contributed by atoms with Crippen LogP contribution in [0.5, 0.6) is 0 Å². The molecule has 0 aliphatic carbocycles. The Morgan fingerprint density at radius 2 is 2.04 bits per heavy atom. The first kappa shape index (κ1) is 18.6. The fourth-order valence-electron chi connectivity index (χ4n) is 2.25. The lowest BCUT2D eigenvalue weighted by molar-refractivity contribution is 0.0996. The monoisotopic (exact) mass is 342 g/mol. The average Bonchev–Trinajstić information content (AvgIpc) is 3.12. The lowest BCUT2D eigenvalue weighted by Crippen LogP contribution is -2.37. The number of amides is 1. The molecule has 0 atom stereocenters. The smallest absolute Gasteiger partial charge is 0.291 e. The van der Waals surface area contributed by atoms with Crippen molar-refractivity contribution in [2.45, 2.75) is 26.8 Å². The lowest BCUT2D eigenvalue weighted by Gasteiger charge is -2.13. The maximum atomic E-state index is 12.0. The van der Waals surface area contributed by atoms with Crippen LogP contribution in [-0.2, 0) is 6.54 Å². The van der Waals surface area contributed by atoms with E-state index in [0.717, 1.165) is 30.2 Å². The molecule has 0 unspecified atom stereocenters. The Hall–Kier alpha value is -2.76. The lowest BCUT2D eigenvalue weighted by atomic mass is 10.1. The van der Waals surface area contributed by atoms with E-state index in [1.54, 1.807) is 19.2 Å². The molecule has 1 aromatic carbocycles. The fraction of sp³-hybridized carbons (Fsp3) is 0.368. The van der Waals surface area contributed by atoms with Gasteiger partial charge in [-0.15, -0.1) is 0 Å². The van der Waals surface area contributed by atoms with E-state index in [1.807, 2.05) is 24.3 Å². The Morgan fingerprint density at radius 3 is 2.72 bits per heavy atom. The summed E-state index contributed by atoms with van der Waals surface area (Å²) >= 11 is 0. The minimum Gasteiger partial charge on any atom is -0.459 e. The summed E-state index contributed by atoms with van der Waals surface area (Å²) in [7, 11) is 1.75. The standard InChI is InChI=1S/C19H26N4O2/c1-14(2)9-10-21-19(20-3)22-13-15-6-4-7-16(12-15)23-18(24)17-8-5-11-25-17/h4-8,11-12,14H,9-10,13H2,1-3H3,(H,23,24)(H2,20,21,22). The Labute approximate surface area is 148 Å². The summed E-state index contributed by atoms with van der Waals surface area (Å²) in [6.07, 6.45) is 2.57. The third-order valence-corrected chi connectivity index (χ3v) is 3.63. The Morgan fingerprint density at radius 1 is 1.20 bits per heavy atom. The van der Waals surface area contributed by atoms with Crippen LogP contribution in [0.4, 0.5) is 5.69 Å². The van der Waals surface area contributed by atoms with Gasteiger partial charge in [-0.1, -0.05) is 26.0 Å². The molecule has 0 saturated carbocycles. The van der Waals surface area contributed by atoms with Gasteiger partial charge in [-0.05, 0) is 42.2 Å². The number of furan rings is 1. The van der Waals surface area contributed by atoms with E-state index in [0.29, 0.717) is 18.2 Å². The number of rotatable bonds is 7. The predicted molar refractivity (Wildman–Crippen MR) is 101 cm³/mol. The molecule has 25 heavy (non-hydrogen) atoms. The van der Waals surface area contributed by atoms with Crippen LogP contribution >= 0.6 is 0 Å². The zero-order chi connectivity index (χ0) is 18.1. The van der Waals surface area contributed by atoms with Gasteiger partial charge in [-0.25, -0.2) is 0 Å². The maximum Gasteiger partial charge on any atom is 0.291 e. The number of anilines is 1. The minimum atomic E-state index is -0.263. The fourth-order valence-corrected chi connectivity index (χ4v) is 2.25. The summed E-state index contributed by atoms with van der Waals surface area (Å²) < 4.78 is 5.10. The van der Waals surface area contributed by atoms with Crippen LogP contribution in [0.2, 0.25) is 0 Å². The number of guanidine groups is 1. The van der Waals surface area contributed by atoms with Gasteiger partial charge in [-0.3, -0.25) is 9.79 Å². The second-order valence-corrected chi connectivity index (χ2v) is 6.17. The van der Waals surface area contributed by atoms with Gasteiger partial charge in [0.15, 0.2) is 11.7 Å². The molecule has 2 aromatic rings. The average molecular weight is 342 g/mol. The zero-order valence-electron chi connectivity index (χ0n) is 15.0. The van der Waals surface area contributed by atoms with Crippen molar-refractivity contribution in [1.82, 2.24) is 10.6 Å². The molecule has 1 aromatic heterocycles. The zero-order valence-corrected chi connectivity index (χ0v) is 15.0. The second-order valence-electron chi connectivity index (χ2n) is 6.17. The van der Waals surface area contributed by atoms with Crippen molar-refractivity contribution < 1.29 is 9.21 Å². The quantitative estimate of drug-likeness (QED) is 0.533. The normalized spacial score (nSPS) is 11.4. The van der Waals surface area contributed by atoms with Crippen molar-refractivity contribution in [3.05, 3.63) is 54.0 Å². The molecule has 0 spiro atoms. The van der Waals surface area contributed by atoms with Gasteiger partial charge in [0.1, 0.15) is 0 Å². The summed E-state index contributed by atoms with van der Waals surface area (Å²) in [5, 5.41) is 9.40. The third-order valence-electron chi connectivity index (χ3n) is 3.63. The second kappa shape index (κ2) is 9.52. The molecule has 3 N–H and O–H groups in total. The number of carbonyl (C=O) groups is 1. The predicted octanol–water partition coefficient (Wildman–Crippen LogP) is 3.24. The van der Waals surface area contributed by atoms with Gasteiger partial charge in [0.25, 0.3) is 5.91 Å². The van der Waals surface area contributed by atoms with Crippen molar-refractivity contribution in [3.8, 4) is 0 Å². The van der Waals surface area contributed by atoms with Gasteiger partial charge in [0.05, 0.1) is 6.26 Å². The van der Waals surface area contributed by atoms with Crippen LogP contribution in [0.25, 0.3) is 0 Å². The molecule has 0 aliphatic heterocycles. The summed E-state index contributed by atoms with van der Waals surface area (Å²) in [6, 6.07) is 11.0. The number of benzene rings is 1. The Bertz CT molecular complexity index is 693. The first-order chi connectivity index (χ1) is 12.1. The largest absolute Gasteiger partial charge is 0.459 e. The van der Waals surface area contributed by atoms with E-state index in [2.05, 4.69) is 34.8 Å². The van der Waals surface area contributed by atoms with Gasteiger partial charge in [0, 0.05) is 25.8 Å². The van der Waals surface area contributed by atoms with Crippen molar-refractivity contribution in [3.63, 3.8) is 0 Å². The van der Waals surface area contributed by atoms with E-state index in [1.165, 1.54) is 6.26 Å². The van der Waals surface area contributed by atoms with Crippen molar-refractivity contribution in [2.24, 2.45) is 10.9 Å². The highest BCUT2D eigenvalue weighted by Gasteiger charge is 2.08. The summed E-state index contributed by atoms with van der Waals surface area (Å²) in [5.74, 6) is 1.45. The van der Waals surface area contributed by atoms with Crippen LogP contribution < -0.4 is 16.0 Å². The number of nitrogens with one attached hydrogen (secondary N) is 3. The molecular weight excluding hydrogens is 316 g/mol. The Kier molecular flexibility index (Phi) is 7.07. The highest BCUT2D eigenvalue weighted by molar-refractivity contribution is 6.02. The molecular formula is C19H26N4O2. The third kappa shape index (κ3) is 6.33. The van der Waals surface area contributed by atoms with E-state index in [-0.39, 0.29) is 5.91 Å². The Balaban J connectivity index is 1.87. The molecule has 6 nitrogen and oxygen atoms in total. The molecule has 1 amide bonds. The van der Waals surface area contributed by atoms with Crippen LogP contribution in [0, 0.1) is 5.92 Å². The molecule has 134 valence electrons.